The predicted octanol–water partition coefficient (Wildman–Crippen LogP) is -1.30. The number of hydrogen-bond donors (Lipinski definition) is 4. The van der Waals surface area contributed by atoms with E-state index >= 15 is 0 Å². The maximum Gasteiger partial charge on any atom is 0.186 e. The average molecular weight is 226 g/mol. The molecule has 0 aliphatic carbocycles. The van der Waals surface area contributed by atoms with E-state index in [9.17, 15) is 15.3 Å². The van der Waals surface area contributed by atoms with E-state index in [-0.39, 0.29) is 14.9 Å². The Morgan fingerprint density at radius 2 is 1.60 bits per heavy atom. The van der Waals surface area contributed by atoms with E-state index in [0.717, 1.165) is 0 Å². The molecule has 0 radical (unpaired) electrons. The molecule has 94 valence electrons. The van der Waals surface area contributed by atoms with Crippen LogP contribution in [0.2, 0.25) is 0 Å². The summed E-state index contributed by atoms with van der Waals surface area (Å²) in [6, 6.07) is 0. The molecule has 1 aliphatic rings. The summed E-state index contributed by atoms with van der Waals surface area (Å²) in [6.07, 6.45) is -5.91. The summed E-state index contributed by atoms with van der Waals surface area (Å²) < 4.78 is 9.65. The Bertz CT molecular complexity index is 145. The first kappa shape index (κ1) is 17.2. The molecule has 0 saturated carbocycles. The standard InChI is InChI=1S/C7H14O6.2CH4/c1-12-7-6(11)5(10)4(9)3(2-8)13-7;;/h3-11H,2H2,1H3;2*1H4. The van der Waals surface area contributed by atoms with Crippen LogP contribution in [0.5, 0.6) is 0 Å². The molecule has 5 unspecified atom stereocenters. The van der Waals surface area contributed by atoms with Gasteiger partial charge in [0.05, 0.1) is 6.61 Å². The fraction of sp³-hybridized carbons (Fsp3) is 1.00. The van der Waals surface area contributed by atoms with Crippen molar-refractivity contribution in [3.05, 3.63) is 0 Å². The highest BCUT2D eigenvalue weighted by Gasteiger charge is 2.43. The Balaban J connectivity index is 0. The van der Waals surface area contributed by atoms with Gasteiger partial charge in [-0.2, -0.15) is 0 Å². The molecule has 0 spiro atoms. The average Bonchev–Trinajstić information content (AvgIpc) is 2.15. The number of aliphatic hydroxyl groups is 4. The molecular formula is C9H22O6. The molecular weight excluding hydrogens is 204 g/mol. The van der Waals surface area contributed by atoms with E-state index in [1.807, 2.05) is 0 Å². The molecule has 6 nitrogen and oxygen atoms in total. The van der Waals surface area contributed by atoms with Gasteiger partial charge in [-0.25, -0.2) is 0 Å². The summed E-state index contributed by atoms with van der Waals surface area (Å²) in [4.78, 5) is 0. The largest absolute Gasteiger partial charge is 0.394 e. The van der Waals surface area contributed by atoms with Gasteiger partial charge in [-0.1, -0.05) is 14.9 Å². The molecule has 1 heterocycles. The lowest BCUT2D eigenvalue weighted by Gasteiger charge is -2.38. The Morgan fingerprint density at radius 1 is 1.07 bits per heavy atom. The van der Waals surface area contributed by atoms with Crippen LogP contribution >= 0.6 is 0 Å². The van der Waals surface area contributed by atoms with Crippen LogP contribution < -0.4 is 0 Å². The third-order valence-electron chi connectivity index (χ3n) is 2.08. The lowest BCUT2D eigenvalue weighted by molar-refractivity contribution is -0.294. The monoisotopic (exact) mass is 226 g/mol. The molecule has 5 atom stereocenters. The molecule has 0 aromatic rings. The maximum absolute atomic E-state index is 9.28. The van der Waals surface area contributed by atoms with Crippen LogP contribution in [0.15, 0.2) is 0 Å². The van der Waals surface area contributed by atoms with E-state index in [1.165, 1.54) is 7.11 Å². The third kappa shape index (κ3) is 3.37. The van der Waals surface area contributed by atoms with Crippen molar-refractivity contribution in [3.8, 4) is 0 Å². The first-order valence-electron chi connectivity index (χ1n) is 3.95. The summed E-state index contributed by atoms with van der Waals surface area (Å²) in [5.74, 6) is 0. The van der Waals surface area contributed by atoms with E-state index in [0.29, 0.717) is 0 Å². The maximum atomic E-state index is 9.28. The van der Waals surface area contributed by atoms with Gasteiger partial charge in [0.25, 0.3) is 0 Å². The molecule has 6 heteroatoms. The Kier molecular flexibility index (Phi) is 8.13. The quantitative estimate of drug-likeness (QED) is 0.467. The molecule has 0 aromatic carbocycles. The van der Waals surface area contributed by atoms with Gasteiger partial charge in [-0.3, -0.25) is 0 Å². The first-order chi connectivity index (χ1) is 6.11. The number of hydrogen-bond acceptors (Lipinski definition) is 6. The second kappa shape index (κ2) is 7.10. The van der Waals surface area contributed by atoms with Crippen LogP contribution in [0.1, 0.15) is 14.9 Å². The third-order valence-corrected chi connectivity index (χ3v) is 2.08. The predicted molar refractivity (Wildman–Crippen MR) is 54.2 cm³/mol. The van der Waals surface area contributed by atoms with E-state index < -0.39 is 37.3 Å². The summed E-state index contributed by atoms with van der Waals surface area (Å²) in [5.41, 5.74) is 0. The summed E-state index contributed by atoms with van der Waals surface area (Å²) >= 11 is 0. The Hall–Kier alpha value is -0.240. The number of aliphatic hydroxyl groups excluding tert-OH is 4. The van der Waals surface area contributed by atoms with E-state index in [4.69, 9.17) is 14.6 Å². The van der Waals surface area contributed by atoms with Crippen LogP contribution in [0.4, 0.5) is 0 Å². The van der Waals surface area contributed by atoms with Gasteiger partial charge in [-0.15, -0.1) is 0 Å². The first-order valence-corrected chi connectivity index (χ1v) is 3.95. The topological polar surface area (TPSA) is 99.4 Å². The van der Waals surface area contributed by atoms with Gasteiger partial charge in [0.2, 0.25) is 0 Å². The molecule has 0 bridgehead atoms. The van der Waals surface area contributed by atoms with Gasteiger partial charge >= 0.3 is 0 Å². The number of ether oxygens (including phenoxy) is 2. The minimum absolute atomic E-state index is 0. The Morgan fingerprint density at radius 3 is 2.00 bits per heavy atom. The zero-order chi connectivity index (χ0) is 10.0. The van der Waals surface area contributed by atoms with Gasteiger partial charge in [0.1, 0.15) is 24.4 Å². The molecule has 1 rings (SSSR count). The van der Waals surface area contributed by atoms with Crippen molar-refractivity contribution in [2.24, 2.45) is 0 Å². The van der Waals surface area contributed by atoms with Gasteiger partial charge < -0.3 is 29.9 Å². The van der Waals surface area contributed by atoms with Gasteiger partial charge in [0.15, 0.2) is 6.29 Å². The van der Waals surface area contributed by atoms with Crippen molar-refractivity contribution in [2.45, 2.75) is 45.6 Å². The zero-order valence-electron chi connectivity index (χ0n) is 7.20. The summed E-state index contributed by atoms with van der Waals surface area (Å²) in [7, 11) is 1.30. The number of rotatable bonds is 2. The van der Waals surface area contributed by atoms with Crippen molar-refractivity contribution in [2.75, 3.05) is 13.7 Å². The lowest BCUT2D eigenvalue weighted by atomic mass is 9.99. The van der Waals surface area contributed by atoms with E-state index in [2.05, 4.69) is 0 Å². The summed E-state index contributed by atoms with van der Waals surface area (Å²) in [5, 5.41) is 36.6. The zero-order valence-corrected chi connectivity index (χ0v) is 7.20. The van der Waals surface area contributed by atoms with Crippen LogP contribution in [0.3, 0.4) is 0 Å². The van der Waals surface area contributed by atoms with Gasteiger partial charge in [-0.05, 0) is 0 Å². The Labute approximate surface area is 90.1 Å². The van der Waals surface area contributed by atoms with Crippen molar-refractivity contribution in [1.82, 2.24) is 0 Å². The number of methoxy groups -OCH3 is 1. The lowest BCUT2D eigenvalue weighted by Crippen LogP contribution is -2.58. The molecule has 0 aromatic heterocycles. The second-order valence-electron chi connectivity index (χ2n) is 2.93. The minimum Gasteiger partial charge on any atom is -0.394 e. The van der Waals surface area contributed by atoms with Crippen molar-refractivity contribution < 1.29 is 29.9 Å². The van der Waals surface area contributed by atoms with Crippen molar-refractivity contribution in [1.29, 1.82) is 0 Å². The van der Waals surface area contributed by atoms with Crippen LogP contribution in [0, 0.1) is 0 Å². The highest BCUT2D eigenvalue weighted by Crippen LogP contribution is 2.20. The smallest absolute Gasteiger partial charge is 0.186 e. The SMILES string of the molecule is C.C.COC1OC(CO)C(O)C(O)C1O. The van der Waals surface area contributed by atoms with E-state index in [1.54, 1.807) is 0 Å². The van der Waals surface area contributed by atoms with Crippen molar-refractivity contribution in [3.63, 3.8) is 0 Å². The van der Waals surface area contributed by atoms with Crippen LogP contribution in [-0.2, 0) is 9.47 Å². The van der Waals surface area contributed by atoms with Crippen molar-refractivity contribution >= 4 is 0 Å². The van der Waals surface area contributed by atoms with Gasteiger partial charge in [0, 0.05) is 7.11 Å². The normalized spacial score (nSPS) is 40.2. The highest BCUT2D eigenvalue weighted by molar-refractivity contribution is 4.88. The molecule has 4 N–H and O–H groups in total. The second-order valence-corrected chi connectivity index (χ2v) is 2.93. The molecule has 1 fully saturated rings. The van der Waals surface area contributed by atoms with Crippen LogP contribution in [-0.4, -0.2) is 64.8 Å². The molecule has 1 saturated heterocycles. The molecule has 0 amide bonds. The van der Waals surface area contributed by atoms with Crippen LogP contribution in [0.25, 0.3) is 0 Å². The fourth-order valence-electron chi connectivity index (χ4n) is 1.26. The molecule has 15 heavy (non-hydrogen) atoms. The highest BCUT2D eigenvalue weighted by atomic mass is 16.7. The minimum atomic E-state index is -1.36. The fourth-order valence-corrected chi connectivity index (χ4v) is 1.26. The molecule has 1 aliphatic heterocycles. The summed E-state index contributed by atoms with van der Waals surface area (Å²) in [6.45, 7) is -0.440.